The van der Waals surface area contributed by atoms with E-state index in [2.05, 4.69) is 37.4 Å². The fourth-order valence-electron chi connectivity index (χ4n) is 2.51. The lowest BCUT2D eigenvalue weighted by Crippen LogP contribution is -2.17. The summed E-state index contributed by atoms with van der Waals surface area (Å²) in [7, 11) is 0. The summed E-state index contributed by atoms with van der Waals surface area (Å²) in [4.78, 5) is 7.69. The van der Waals surface area contributed by atoms with Gasteiger partial charge < -0.3 is 9.72 Å². The Kier molecular flexibility index (Phi) is 3.25. The highest BCUT2D eigenvalue weighted by Crippen LogP contribution is 2.29. The summed E-state index contributed by atoms with van der Waals surface area (Å²) < 4.78 is 9.25. The van der Waals surface area contributed by atoms with Gasteiger partial charge >= 0.3 is 0 Å². The summed E-state index contributed by atoms with van der Waals surface area (Å²) >= 11 is 8.84. The van der Waals surface area contributed by atoms with E-state index in [4.69, 9.17) is 17.0 Å². The Morgan fingerprint density at radius 1 is 1.67 bits per heavy atom. The van der Waals surface area contributed by atoms with Gasteiger partial charge in [-0.05, 0) is 47.6 Å². The lowest BCUT2D eigenvalue weighted by molar-refractivity contribution is 0.175. The number of nitrogens with one attached hydrogen (secondary N) is 1. The van der Waals surface area contributed by atoms with Crippen molar-refractivity contribution < 1.29 is 4.74 Å². The summed E-state index contributed by atoms with van der Waals surface area (Å²) in [5.74, 6) is 0.515. The molecule has 3 rings (SSSR count). The molecule has 1 aliphatic heterocycles. The Labute approximate surface area is 118 Å². The lowest BCUT2D eigenvalue weighted by atomic mass is 10.0. The first-order chi connectivity index (χ1) is 8.66. The molecule has 2 unspecified atom stereocenters. The van der Waals surface area contributed by atoms with E-state index >= 15 is 0 Å². The molecule has 2 aromatic heterocycles. The van der Waals surface area contributed by atoms with Gasteiger partial charge in [0.1, 0.15) is 0 Å². The summed E-state index contributed by atoms with van der Waals surface area (Å²) in [5, 5.41) is 0. The van der Waals surface area contributed by atoms with Crippen molar-refractivity contribution in [3.8, 4) is 0 Å². The van der Waals surface area contributed by atoms with Crippen LogP contribution in [0, 0.1) is 10.7 Å². The van der Waals surface area contributed by atoms with Crippen LogP contribution in [-0.2, 0) is 4.74 Å². The Morgan fingerprint density at radius 2 is 2.50 bits per heavy atom. The highest BCUT2D eigenvalue weighted by molar-refractivity contribution is 9.10. The average molecular weight is 328 g/mol. The van der Waals surface area contributed by atoms with Gasteiger partial charge in [0, 0.05) is 29.2 Å². The van der Waals surface area contributed by atoms with Crippen molar-refractivity contribution in [2.75, 3.05) is 13.2 Å². The molecule has 1 N–H and O–H groups in total. The van der Waals surface area contributed by atoms with Crippen molar-refractivity contribution in [1.29, 1.82) is 0 Å². The SMILES string of the molecule is CC(C1CCOC1)n1c(=S)[nH]c2cc(Br)cnc21. The second-order valence-corrected chi connectivity index (χ2v) is 5.99. The minimum atomic E-state index is 0.308. The molecule has 0 radical (unpaired) electrons. The Bertz CT molecular complexity index is 630. The molecule has 0 amide bonds. The lowest BCUT2D eigenvalue weighted by Gasteiger charge is -2.19. The number of nitrogens with zero attached hydrogens (tertiary/aromatic N) is 2. The molecule has 0 saturated carbocycles. The van der Waals surface area contributed by atoms with Crippen LogP contribution in [0.4, 0.5) is 0 Å². The van der Waals surface area contributed by atoms with E-state index in [1.54, 1.807) is 6.20 Å². The highest BCUT2D eigenvalue weighted by Gasteiger charge is 2.25. The molecule has 2 aromatic rings. The third kappa shape index (κ3) is 2.02. The minimum Gasteiger partial charge on any atom is -0.381 e. The smallest absolute Gasteiger partial charge is 0.179 e. The van der Waals surface area contributed by atoms with Gasteiger partial charge in [0.15, 0.2) is 10.4 Å². The van der Waals surface area contributed by atoms with Gasteiger partial charge in [0.2, 0.25) is 0 Å². The van der Waals surface area contributed by atoms with Gasteiger partial charge in [-0.3, -0.25) is 4.57 Å². The van der Waals surface area contributed by atoms with E-state index in [1.807, 2.05) is 6.07 Å². The predicted octanol–water partition coefficient (Wildman–Crippen LogP) is 3.45. The summed E-state index contributed by atoms with van der Waals surface area (Å²) in [6.07, 6.45) is 2.89. The Balaban J connectivity index is 2.10. The zero-order valence-electron chi connectivity index (χ0n) is 10.0. The molecule has 4 nitrogen and oxygen atoms in total. The average Bonchev–Trinajstić information content (AvgIpc) is 2.94. The summed E-state index contributed by atoms with van der Waals surface area (Å²) in [6.45, 7) is 3.85. The van der Waals surface area contributed by atoms with Gasteiger partial charge in [-0.2, -0.15) is 0 Å². The summed E-state index contributed by atoms with van der Waals surface area (Å²) in [6, 6.07) is 2.31. The number of rotatable bonds is 2. The third-order valence-electron chi connectivity index (χ3n) is 3.58. The van der Waals surface area contributed by atoms with Gasteiger partial charge in [-0.1, -0.05) is 0 Å². The highest BCUT2D eigenvalue weighted by atomic mass is 79.9. The molecule has 6 heteroatoms. The van der Waals surface area contributed by atoms with E-state index in [-0.39, 0.29) is 0 Å². The number of H-pyrrole nitrogens is 1. The maximum atomic E-state index is 5.46. The Morgan fingerprint density at radius 3 is 3.22 bits per heavy atom. The van der Waals surface area contributed by atoms with Crippen molar-refractivity contribution in [2.24, 2.45) is 5.92 Å². The van der Waals surface area contributed by atoms with Crippen molar-refractivity contribution in [3.05, 3.63) is 21.5 Å². The van der Waals surface area contributed by atoms with Gasteiger partial charge in [0.25, 0.3) is 0 Å². The zero-order valence-corrected chi connectivity index (χ0v) is 12.4. The van der Waals surface area contributed by atoms with E-state index in [0.717, 1.165) is 40.0 Å². The van der Waals surface area contributed by atoms with Crippen LogP contribution in [0.2, 0.25) is 0 Å². The summed E-state index contributed by atoms with van der Waals surface area (Å²) in [5.41, 5.74) is 1.89. The molecule has 1 fully saturated rings. The van der Waals surface area contributed by atoms with Crippen LogP contribution in [-0.4, -0.2) is 27.7 Å². The molecule has 1 aliphatic rings. The second-order valence-electron chi connectivity index (χ2n) is 4.69. The third-order valence-corrected chi connectivity index (χ3v) is 4.31. The molecule has 2 atom stereocenters. The number of aromatic amines is 1. The largest absolute Gasteiger partial charge is 0.381 e. The van der Waals surface area contributed by atoms with Crippen LogP contribution in [0.1, 0.15) is 19.4 Å². The van der Waals surface area contributed by atoms with Crippen LogP contribution in [0.15, 0.2) is 16.7 Å². The first kappa shape index (κ1) is 12.3. The standard InChI is InChI=1S/C12H14BrN3OS/c1-7(8-2-3-17-6-8)16-11-10(15-12(16)18)4-9(13)5-14-11/h4-5,7-8H,2-3,6H2,1H3,(H,15,18). The molecule has 3 heterocycles. The van der Waals surface area contributed by atoms with Crippen molar-refractivity contribution in [2.45, 2.75) is 19.4 Å². The minimum absolute atomic E-state index is 0.308. The predicted molar refractivity (Wildman–Crippen MR) is 76.3 cm³/mol. The van der Waals surface area contributed by atoms with Crippen molar-refractivity contribution in [3.63, 3.8) is 0 Å². The van der Waals surface area contributed by atoms with E-state index in [1.165, 1.54) is 0 Å². The number of fused-ring (bicyclic) bond motifs is 1. The number of aromatic nitrogens is 3. The monoisotopic (exact) mass is 327 g/mol. The number of hydrogen-bond acceptors (Lipinski definition) is 3. The van der Waals surface area contributed by atoms with Crippen molar-refractivity contribution in [1.82, 2.24) is 14.5 Å². The first-order valence-corrected chi connectivity index (χ1v) is 7.20. The van der Waals surface area contributed by atoms with Crippen molar-refractivity contribution >= 4 is 39.3 Å². The molecule has 96 valence electrons. The number of hydrogen-bond donors (Lipinski definition) is 1. The van der Waals surface area contributed by atoms with Crippen LogP contribution in [0.3, 0.4) is 0 Å². The van der Waals surface area contributed by atoms with Crippen LogP contribution < -0.4 is 0 Å². The molecule has 0 aromatic carbocycles. The molecular formula is C12H14BrN3OS. The van der Waals surface area contributed by atoms with Crippen LogP contribution >= 0.6 is 28.1 Å². The molecule has 0 bridgehead atoms. The normalized spacial score (nSPS) is 21.6. The molecule has 0 aliphatic carbocycles. The maximum Gasteiger partial charge on any atom is 0.179 e. The topological polar surface area (TPSA) is 42.8 Å². The fourth-order valence-corrected chi connectivity index (χ4v) is 3.20. The quantitative estimate of drug-likeness (QED) is 0.859. The zero-order chi connectivity index (χ0) is 12.7. The number of ether oxygens (including phenoxy) is 1. The number of imidazole rings is 1. The van der Waals surface area contributed by atoms with E-state index in [9.17, 15) is 0 Å². The molecule has 18 heavy (non-hydrogen) atoms. The fraction of sp³-hybridized carbons (Fsp3) is 0.500. The van der Waals surface area contributed by atoms with E-state index < -0.39 is 0 Å². The Hall–Kier alpha value is -0.720. The maximum absolute atomic E-state index is 5.46. The molecular weight excluding hydrogens is 314 g/mol. The van der Waals surface area contributed by atoms with Gasteiger partial charge in [0.05, 0.1) is 12.1 Å². The van der Waals surface area contributed by atoms with Gasteiger partial charge in [-0.15, -0.1) is 0 Å². The first-order valence-electron chi connectivity index (χ1n) is 6.00. The molecule has 0 spiro atoms. The van der Waals surface area contributed by atoms with Gasteiger partial charge in [-0.25, -0.2) is 4.98 Å². The second kappa shape index (κ2) is 4.75. The number of halogens is 1. The molecule has 1 saturated heterocycles. The number of pyridine rings is 1. The van der Waals surface area contributed by atoms with E-state index in [0.29, 0.717) is 12.0 Å². The van der Waals surface area contributed by atoms with Crippen LogP contribution in [0.5, 0.6) is 0 Å². The van der Waals surface area contributed by atoms with Crippen LogP contribution in [0.25, 0.3) is 11.2 Å².